The van der Waals surface area contributed by atoms with Crippen molar-refractivity contribution < 1.29 is 4.79 Å². The lowest BCUT2D eigenvalue weighted by Gasteiger charge is -1.87. The van der Waals surface area contributed by atoms with Crippen LogP contribution in [0.4, 0.5) is 4.79 Å². The van der Waals surface area contributed by atoms with Crippen LogP contribution >= 0.6 is 0 Å². The smallest absolute Gasteiger partial charge is 0.332 e. The SMILES string of the molecule is NC(=O)N/N=C/c1ncc[nH]1. The second kappa shape index (κ2) is 3.35. The molecule has 1 heterocycles. The number of hydrogen-bond donors (Lipinski definition) is 3. The molecule has 4 N–H and O–H groups in total. The van der Waals surface area contributed by atoms with E-state index in [2.05, 4.69) is 15.1 Å². The Morgan fingerprint density at radius 2 is 2.73 bits per heavy atom. The summed E-state index contributed by atoms with van der Waals surface area (Å²) in [6, 6.07) is -0.701. The molecule has 0 fully saturated rings. The molecule has 0 atom stereocenters. The van der Waals surface area contributed by atoms with Crippen molar-refractivity contribution in [3.8, 4) is 0 Å². The van der Waals surface area contributed by atoms with Gasteiger partial charge < -0.3 is 10.7 Å². The zero-order chi connectivity index (χ0) is 8.10. The van der Waals surface area contributed by atoms with Crippen LogP contribution in [0, 0.1) is 0 Å². The van der Waals surface area contributed by atoms with Crippen LogP contribution in [0.3, 0.4) is 0 Å². The Bertz CT molecular complexity index is 252. The van der Waals surface area contributed by atoms with Gasteiger partial charge in [0.05, 0.1) is 6.21 Å². The fourth-order valence-corrected chi connectivity index (χ4v) is 0.505. The van der Waals surface area contributed by atoms with Gasteiger partial charge in [-0.2, -0.15) is 5.10 Å². The van der Waals surface area contributed by atoms with Crippen molar-refractivity contribution in [3.63, 3.8) is 0 Å². The van der Waals surface area contributed by atoms with Gasteiger partial charge in [-0.05, 0) is 0 Å². The van der Waals surface area contributed by atoms with Gasteiger partial charge in [-0.3, -0.25) is 0 Å². The summed E-state index contributed by atoms with van der Waals surface area (Å²) in [4.78, 5) is 16.7. The number of rotatable bonds is 2. The van der Waals surface area contributed by atoms with Gasteiger partial charge in [-0.25, -0.2) is 15.2 Å². The number of urea groups is 1. The monoisotopic (exact) mass is 153 g/mol. The summed E-state index contributed by atoms with van der Waals surface area (Å²) in [6.45, 7) is 0. The summed E-state index contributed by atoms with van der Waals surface area (Å²) in [5, 5.41) is 3.47. The number of nitrogens with zero attached hydrogens (tertiary/aromatic N) is 2. The standard InChI is InChI=1S/C5H7N5O/c6-5(11)10-9-3-4-7-1-2-8-4/h1-3H,(H,7,8)(H3,6,10,11)/b9-3+. The van der Waals surface area contributed by atoms with Gasteiger partial charge in [0.2, 0.25) is 0 Å². The number of imidazole rings is 1. The van der Waals surface area contributed by atoms with Crippen LogP contribution in [0.15, 0.2) is 17.5 Å². The van der Waals surface area contributed by atoms with Crippen molar-refractivity contribution in [1.29, 1.82) is 0 Å². The van der Waals surface area contributed by atoms with Gasteiger partial charge in [-0.15, -0.1) is 0 Å². The van der Waals surface area contributed by atoms with E-state index in [9.17, 15) is 4.79 Å². The maximum absolute atomic E-state index is 10.1. The number of nitrogens with one attached hydrogen (secondary N) is 2. The predicted molar refractivity (Wildman–Crippen MR) is 38.9 cm³/mol. The van der Waals surface area contributed by atoms with Crippen LogP contribution in [0.2, 0.25) is 0 Å². The molecule has 1 aromatic heterocycles. The van der Waals surface area contributed by atoms with E-state index in [1.54, 1.807) is 12.4 Å². The molecule has 6 nitrogen and oxygen atoms in total. The van der Waals surface area contributed by atoms with E-state index < -0.39 is 6.03 Å². The second-order valence-corrected chi connectivity index (χ2v) is 1.71. The summed E-state index contributed by atoms with van der Waals surface area (Å²) in [5.41, 5.74) is 6.77. The zero-order valence-corrected chi connectivity index (χ0v) is 5.61. The number of amides is 2. The molecule has 0 bridgehead atoms. The fraction of sp³-hybridized carbons (Fsp3) is 0. The summed E-state index contributed by atoms with van der Waals surface area (Å²) in [6.07, 6.45) is 4.57. The minimum absolute atomic E-state index is 0.554. The van der Waals surface area contributed by atoms with Crippen LogP contribution in [-0.2, 0) is 0 Å². The molecule has 0 aliphatic rings. The number of hydrazone groups is 1. The minimum atomic E-state index is -0.701. The molecular formula is C5H7N5O. The van der Waals surface area contributed by atoms with Crippen LogP contribution in [0.25, 0.3) is 0 Å². The Kier molecular flexibility index (Phi) is 2.21. The lowest BCUT2D eigenvalue weighted by atomic mass is 10.7. The minimum Gasteiger partial charge on any atom is -0.350 e. The largest absolute Gasteiger partial charge is 0.350 e. The molecule has 1 aromatic rings. The molecule has 0 aliphatic carbocycles. The number of nitrogens with two attached hydrogens (primary N) is 1. The molecular weight excluding hydrogens is 146 g/mol. The zero-order valence-electron chi connectivity index (χ0n) is 5.61. The van der Waals surface area contributed by atoms with Gasteiger partial charge in [-0.1, -0.05) is 0 Å². The van der Waals surface area contributed by atoms with Crippen molar-refractivity contribution in [1.82, 2.24) is 15.4 Å². The number of aromatic nitrogens is 2. The Morgan fingerprint density at radius 1 is 1.91 bits per heavy atom. The van der Waals surface area contributed by atoms with Crippen LogP contribution in [-0.4, -0.2) is 22.2 Å². The lowest BCUT2D eigenvalue weighted by Crippen LogP contribution is -2.24. The van der Waals surface area contributed by atoms with E-state index in [0.29, 0.717) is 5.82 Å². The molecule has 0 saturated carbocycles. The molecule has 6 heteroatoms. The van der Waals surface area contributed by atoms with E-state index in [0.717, 1.165) is 0 Å². The molecule has 11 heavy (non-hydrogen) atoms. The third-order valence-corrected chi connectivity index (χ3v) is 0.881. The third-order valence-electron chi connectivity index (χ3n) is 0.881. The summed E-state index contributed by atoms with van der Waals surface area (Å²) >= 11 is 0. The number of carbonyl (C=O) groups excluding carboxylic acids is 1. The Morgan fingerprint density at radius 3 is 3.27 bits per heavy atom. The van der Waals surface area contributed by atoms with E-state index in [1.807, 2.05) is 5.43 Å². The van der Waals surface area contributed by atoms with Crippen LogP contribution in [0.5, 0.6) is 0 Å². The van der Waals surface area contributed by atoms with Crippen molar-refractivity contribution in [2.24, 2.45) is 10.8 Å². The highest BCUT2D eigenvalue weighted by atomic mass is 16.2. The lowest BCUT2D eigenvalue weighted by molar-refractivity contribution is 0.249. The van der Waals surface area contributed by atoms with Crippen molar-refractivity contribution >= 4 is 12.2 Å². The molecule has 1 rings (SSSR count). The first-order valence-corrected chi connectivity index (χ1v) is 2.87. The first kappa shape index (κ1) is 7.26. The fourth-order valence-electron chi connectivity index (χ4n) is 0.505. The van der Waals surface area contributed by atoms with E-state index in [4.69, 9.17) is 5.73 Å². The first-order chi connectivity index (χ1) is 5.29. The molecule has 2 amide bonds. The molecule has 0 radical (unpaired) electrons. The van der Waals surface area contributed by atoms with Crippen molar-refractivity contribution in [2.45, 2.75) is 0 Å². The number of primary amides is 1. The maximum atomic E-state index is 10.1. The van der Waals surface area contributed by atoms with Crippen LogP contribution in [0.1, 0.15) is 5.82 Å². The highest BCUT2D eigenvalue weighted by Gasteiger charge is 1.87. The van der Waals surface area contributed by atoms with Gasteiger partial charge in [0, 0.05) is 12.4 Å². The number of H-pyrrole nitrogens is 1. The quantitative estimate of drug-likeness (QED) is 0.391. The predicted octanol–water partition coefficient (Wildman–Crippen LogP) is -0.588. The highest BCUT2D eigenvalue weighted by molar-refractivity contribution is 5.77. The molecule has 58 valence electrons. The molecule has 0 spiro atoms. The molecule has 0 aromatic carbocycles. The average Bonchev–Trinajstić information content (AvgIpc) is 2.39. The van der Waals surface area contributed by atoms with E-state index in [1.165, 1.54) is 6.21 Å². The molecule has 0 aliphatic heterocycles. The summed E-state index contributed by atoms with van der Waals surface area (Å²) < 4.78 is 0. The van der Waals surface area contributed by atoms with Gasteiger partial charge >= 0.3 is 6.03 Å². The topological polar surface area (TPSA) is 96.2 Å². The number of hydrogen-bond acceptors (Lipinski definition) is 3. The second-order valence-electron chi connectivity index (χ2n) is 1.71. The first-order valence-electron chi connectivity index (χ1n) is 2.87. The van der Waals surface area contributed by atoms with Crippen LogP contribution < -0.4 is 11.2 Å². The molecule has 0 saturated heterocycles. The van der Waals surface area contributed by atoms with Crippen molar-refractivity contribution in [2.75, 3.05) is 0 Å². The number of aromatic amines is 1. The Labute approximate surface area is 62.5 Å². The number of carbonyl (C=O) groups is 1. The third kappa shape index (κ3) is 2.48. The van der Waals surface area contributed by atoms with Gasteiger partial charge in [0.1, 0.15) is 5.82 Å². The van der Waals surface area contributed by atoms with E-state index in [-0.39, 0.29) is 0 Å². The molecule has 0 unspecified atom stereocenters. The Hall–Kier alpha value is -1.85. The summed E-state index contributed by atoms with van der Waals surface area (Å²) in [5.74, 6) is 0.554. The average molecular weight is 153 g/mol. The summed E-state index contributed by atoms with van der Waals surface area (Å²) in [7, 11) is 0. The highest BCUT2D eigenvalue weighted by Crippen LogP contribution is 1.80. The Balaban J connectivity index is 2.43. The maximum Gasteiger partial charge on any atom is 0.332 e. The van der Waals surface area contributed by atoms with Gasteiger partial charge in [0.15, 0.2) is 0 Å². The van der Waals surface area contributed by atoms with E-state index >= 15 is 0 Å². The van der Waals surface area contributed by atoms with Crippen molar-refractivity contribution in [3.05, 3.63) is 18.2 Å². The van der Waals surface area contributed by atoms with Gasteiger partial charge in [0.25, 0.3) is 0 Å². The normalized spacial score (nSPS) is 10.2.